The number of likely N-dealkylation sites (tertiary alicyclic amines) is 1. The lowest BCUT2D eigenvalue weighted by Crippen LogP contribution is -2.48. The van der Waals surface area contributed by atoms with E-state index in [2.05, 4.69) is 12.1 Å². The van der Waals surface area contributed by atoms with Crippen LogP contribution >= 0.6 is 0 Å². The predicted molar refractivity (Wildman–Crippen MR) is 141 cm³/mol. The van der Waals surface area contributed by atoms with E-state index in [1.807, 2.05) is 29.0 Å². The molecule has 1 saturated heterocycles. The van der Waals surface area contributed by atoms with E-state index >= 15 is 0 Å². The number of hydrogen-bond acceptors (Lipinski definition) is 4. The number of carbonyl (C=O) groups excluding carboxylic acids is 2. The van der Waals surface area contributed by atoms with E-state index in [1.165, 1.54) is 17.7 Å². The molecule has 0 saturated carbocycles. The van der Waals surface area contributed by atoms with Crippen molar-refractivity contribution in [2.75, 3.05) is 39.9 Å². The van der Waals surface area contributed by atoms with E-state index in [9.17, 15) is 14.0 Å². The zero-order valence-electron chi connectivity index (χ0n) is 21.9. The maximum atomic E-state index is 13.3. The number of benzene rings is 2. The van der Waals surface area contributed by atoms with Gasteiger partial charge in [-0.3, -0.25) is 9.59 Å². The maximum absolute atomic E-state index is 13.3. The van der Waals surface area contributed by atoms with Crippen molar-refractivity contribution in [3.8, 4) is 11.5 Å². The molecular weight excluding hydrogens is 471 g/mol. The molecule has 0 radical (unpaired) electrons. The van der Waals surface area contributed by atoms with Crippen LogP contribution in [-0.2, 0) is 16.0 Å². The van der Waals surface area contributed by atoms with Gasteiger partial charge in [-0.05, 0) is 67.7 Å². The minimum Gasteiger partial charge on any atom is -0.493 e. The van der Waals surface area contributed by atoms with Crippen molar-refractivity contribution in [1.82, 2.24) is 9.80 Å². The molecule has 0 unspecified atom stereocenters. The first kappa shape index (κ1) is 27.0. The molecule has 2 aliphatic rings. The Bertz CT molecular complexity index is 1050. The molecule has 4 rings (SSSR count). The standard InChI is InChI=1S/C30H39FN2O4/c1-32-23-30(15-5-4-9-24-8-2-3-12-27(24)37-20-7-13-28(32)34)16-18-33(19-17-30)29(35)14-21-36-26-11-6-10-25(31)22-26/h2-3,6,8,10-12,22H,4-5,7,9,13-21,23H2,1H3. The number of aryl methyl sites for hydroxylation is 1. The number of amides is 2. The lowest BCUT2D eigenvalue weighted by atomic mass is 9.73. The van der Waals surface area contributed by atoms with E-state index < -0.39 is 0 Å². The SMILES string of the molecule is CN1CC2(CCCCc3ccccc3OCCCC1=O)CCN(C(=O)CCOc1cccc(F)c1)CC2. The Morgan fingerprint density at radius 3 is 2.65 bits per heavy atom. The Morgan fingerprint density at radius 1 is 1.03 bits per heavy atom. The zero-order chi connectivity index (χ0) is 26.1. The summed E-state index contributed by atoms with van der Waals surface area (Å²) >= 11 is 0. The summed E-state index contributed by atoms with van der Waals surface area (Å²) in [6.07, 6.45) is 7.39. The number of nitrogens with zero attached hydrogens (tertiary/aromatic N) is 2. The lowest BCUT2D eigenvalue weighted by Gasteiger charge is -2.44. The first-order valence-electron chi connectivity index (χ1n) is 13.5. The zero-order valence-corrected chi connectivity index (χ0v) is 21.9. The second kappa shape index (κ2) is 12.9. The monoisotopic (exact) mass is 510 g/mol. The molecule has 0 N–H and O–H groups in total. The molecule has 0 bridgehead atoms. The van der Waals surface area contributed by atoms with Crippen LogP contribution in [0.4, 0.5) is 4.39 Å². The van der Waals surface area contributed by atoms with E-state index in [1.54, 1.807) is 12.1 Å². The third-order valence-electron chi connectivity index (χ3n) is 7.72. The van der Waals surface area contributed by atoms with Crippen LogP contribution in [-0.4, -0.2) is 61.5 Å². The van der Waals surface area contributed by atoms with Gasteiger partial charge in [-0.15, -0.1) is 0 Å². The van der Waals surface area contributed by atoms with Crippen molar-refractivity contribution in [3.05, 3.63) is 59.9 Å². The van der Waals surface area contributed by atoms with Crippen molar-refractivity contribution >= 4 is 11.8 Å². The molecule has 2 aromatic rings. The topological polar surface area (TPSA) is 59.1 Å². The molecule has 0 aromatic heterocycles. The van der Waals surface area contributed by atoms with Gasteiger partial charge in [0, 0.05) is 39.2 Å². The van der Waals surface area contributed by atoms with Crippen LogP contribution in [0.15, 0.2) is 48.5 Å². The number of para-hydroxylation sites is 1. The highest BCUT2D eigenvalue weighted by Gasteiger charge is 2.37. The summed E-state index contributed by atoms with van der Waals surface area (Å²) in [5, 5.41) is 0. The fourth-order valence-corrected chi connectivity index (χ4v) is 5.54. The summed E-state index contributed by atoms with van der Waals surface area (Å²) in [5.74, 6) is 1.24. The van der Waals surface area contributed by atoms with Crippen LogP contribution in [0.2, 0.25) is 0 Å². The normalized spacial score (nSPS) is 19.0. The Morgan fingerprint density at radius 2 is 1.84 bits per heavy atom. The van der Waals surface area contributed by atoms with Gasteiger partial charge >= 0.3 is 0 Å². The Hall–Kier alpha value is -3.09. The molecule has 6 nitrogen and oxygen atoms in total. The van der Waals surface area contributed by atoms with Crippen LogP contribution in [0.3, 0.4) is 0 Å². The number of piperidine rings is 1. The first-order chi connectivity index (χ1) is 17.9. The molecule has 0 aliphatic carbocycles. The number of ether oxygens (including phenoxy) is 2. The Labute approximate surface area is 219 Å². The number of fused-ring (bicyclic) bond motifs is 1. The molecule has 2 heterocycles. The highest BCUT2D eigenvalue weighted by atomic mass is 19.1. The van der Waals surface area contributed by atoms with Gasteiger partial charge < -0.3 is 19.3 Å². The van der Waals surface area contributed by atoms with Crippen LogP contribution in [0, 0.1) is 11.2 Å². The van der Waals surface area contributed by atoms with Gasteiger partial charge in [0.05, 0.1) is 19.6 Å². The van der Waals surface area contributed by atoms with Gasteiger partial charge in [0.25, 0.3) is 0 Å². The molecule has 0 atom stereocenters. The summed E-state index contributed by atoms with van der Waals surface area (Å²) < 4.78 is 24.9. The molecule has 200 valence electrons. The minimum absolute atomic E-state index is 0.0272. The van der Waals surface area contributed by atoms with E-state index in [4.69, 9.17) is 9.47 Å². The minimum atomic E-state index is -0.352. The largest absolute Gasteiger partial charge is 0.493 e. The number of carbonyl (C=O) groups is 2. The van der Waals surface area contributed by atoms with E-state index in [0.29, 0.717) is 38.3 Å². The van der Waals surface area contributed by atoms with Gasteiger partial charge in [0.1, 0.15) is 17.3 Å². The van der Waals surface area contributed by atoms with Gasteiger partial charge in [-0.1, -0.05) is 30.7 Å². The van der Waals surface area contributed by atoms with Crippen LogP contribution in [0.5, 0.6) is 11.5 Å². The third kappa shape index (κ3) is 7.70. The summed E-state index contributed by atoms with van der Waals surface area (Å²) in [6.45, 7) is 2.89. The Balaban J connectivity index is 1.33. The van der Waals surface area contributed by atoms with Gasteiger partial charge in [-0.25, -0.2) is 4.39 Å². The molecule has 2 amide bonds. The molecule has 1 spiro atoms. The molecule has 2 aliphatic heterocycles. The average Bonchev–Trinajstić information content (AvgIpc) is 2.89. The van der Waals surface area contributed by atoms with Crippen LogP contribution in [0.1, 0.15) is 56.9 Å². The van der Waals surface area contributed by atoms with Gasteiger partial charge in [0.15, 0.2) is 0 Å². The molecule has 7 heteroatoms. The van der Waals surface area contributed by atoms with Crippen LogP contribution in [0.25, 0.3) is 0 Å². The van der Waals surface area contributed by atoms with Gasteiger partial charge in [0.2, 0.25) is 11.8 Å². The Kier molecular flexibility index (Phi) is 9.42. The van der Waals surface area contributed by atoms with Gasteiger partial charge in [-0.2, -0.15) is 0 Å². The van der Waals surface area contributed by atoms with Crippen molar-refractivity contribution in [2.24, 2.45) is 5.41 Å². The quantitative estimate of drug-likeness (QED) is 0.564. The van der Waals surface area contributed by atoms with E-state index in [-0.39, 0.29) is 36.1 Å². The highest BCUT2D eigenvalue weighted by molar-refractivity contribution is 5.76. The van der Waals surface area contributed by atoms with Crippen molar-refractivity contribution < 1.29 is 23.5 Å². The molecule has 37 heavy (non-hydrogen) atoms. The summed E-state index contributed by atoms with van der Waals surface area (Å²) in [7, 11) is 1.91. The van der Waals surface area contributed by atoms with Crippen molar-refractivity contribution in [1.29, 1.82) is 0 Å². The fraction of sp³-hybridized carbons (Fsp3) is 0.533. The first-order valence-corrected chi connectivity index (χ1v) is 13.5. The molecule has 1 fully saturated rings. The predicted octanol–water partition coefficient (Wildman–Crippen LogP) is 5.25. The third-order valence-corrected chi connectivity index (χ3v) is 7.72. The number of rotatable bonds is 4. The maximum Gasteiger partial charge on any atom is 0.225 e. The molecular formula is C30H39FN2O4. The average molecular weight is 511 g/mol. The molecule has 2 aromatic carbocycles. The van der Waals surface area contributed by atoms with Crippen molar-refractivity contribution in [3.63, 3.8) is 0 Å². The number of halogens is 1. The van der Waals surface area contributed by atoms with E-state index in [0.717, 1.165) is 50.8 Å². The number of hydrogen-bond donors (Lipinski definition) is 0. The fourth-order valence-electron chi connectivity index (χ4n) is 5.54. The summed E-state index contributed by atoms with van der Waals surface area (Å²) in [4.78, 5) is 29.5. The lowest BCUT2D eigenvalue weighted by molar-refractivity contribution is -0.137. The van der Waals surface area contributed by atoms with Crippen molar-refractivity contribution in [2.45, 2.75) is 57.8 Å². The summed E-state index contributed by atoms with van der Waals surface area (Å²) in [6, 6.07) is 14.2. The summed E-state index contributed by atoms with van der Waals surface area (Å²) in [5.41, 5.74) is 1.26. The second-order valence-corrected chi connectivity index (χ2v) is 10.5. The smallest absolute Gasteiger partial charge is 0.225 e. The second-order valence-electron chi connectivity index (χ2n) is 10.5. The van der Waals surface area contributed by atoms with Crippen LogP contribution < -0.4 is 9.47 Å². The highest BCUT2D eigenvalue weighted by Crippen LogP contribution is 2.38.